The van der Waals surface area contributed by atoms with Crippen molar-refractivity contribution < 1.29 is 0 Å². The number of aromatic nitrogens is 3. The number of hydrogen-bond acceptors (Lipinski definition) is 3. The quantitative estimate of drug-likeness (QED) is 0.844. The third-order valence-corrected chi connectivity index (χ3v) is 2.60. The molecule has 0 amide bonds. The summed E-state index contributed by atoms with van der Waals surface area (Å²) < 4.78 is 1.83. The highest BCUT2D eigenvalue weighted by atomic mass is 15.2. The van der Waals surface area contributed by atoms with Gasteiger partial charge in [-0.1, -0.05) is 6.07 Å². The molecule has 84 valence electrons. The molecule has 0 aliphatic rings. The van der Waals surface area contributed by atoms with Crippen molar-refractivity contribution in [1.82, 2.24) is 14.8 Å². The lowest BCUT2D eigenvalue weighted by atomic mass is 10.1. The Kier molecular flexibility index (Phi) is 3.19. The SMILES string of the molecule is Cn1cc(CCCc2cccnc2N)cn1. The fourth-order valence-corrected chi connectivity index (χ4v) is 1.75. The van der Waals surface area contributed by atoms with Gasteiger partial charge in [0, 0.05) is 19.4 Å². The predicted octanol–water partition coefficient (Wildman–Crippen LogP) is 1.57. The average molecular weight is 216 g/mol. The van der Waals surface area contributed by atoms with Crippen molar-refractivity contribution in [3.63, 3.8) is 0 Å². The first-order valence-corrected chi connectivity index (χ1v) is 5.42. The smallest absolute Gasteiger partial charge is 0.126 e. The molecule has 0 atom stereocenters. The number of hydrogen-bond donors (Lipinski definition) is 1. The summed E-state index contributed by atoms with van der Waals surface area (Å²) in [5.41, 5.74) is 8.18. The van der Waals surface area contributed by atoms with Gasteiger partial charge in [-0.2, -0.15) is 5.10 Å². The first-order valence-electron chi connectivity index (χ1n) is 5.42. The van der Waals surface area contributed by atoms with Gasteiger partial charge < -0.3 is 5.73 Å². The van der Waals surface area contributed by atoms with Crippen LogP contribution in [0, 0.1) is 0 Å². The summed E-state index contributed by atoms with van der Waals surface area (Å²) in [6.07, 6.45) is 8.75. The first kappa shape index (κ1) is 10.7. The van der Waals surface area contributed by atoms with Crippen molar-refractivity contribution in [3.05, 3.63) is 41.9 Å². The number of anilines is 1. The van der Waals surface area contributed by atoms with Crippen LogP contribution in [0.2, 0.25) is 0 Å². The van der Waals surface area contributed by atoms with Crippen LogP contribution in [0.1, 0.15) is 17.5 Å². The molecule has 4 nitrogen and oxygen atoms in total. The highest BCUT2D eigenvalue weighted by Gasteiger charge is 2.00. The van der Waals surface area contributed by atoms with Crippen molar-refractivity contribution >= 4 is 5.82 Å². The Morgan fingerprint density at radius 1 is 1.38 bits per heavy atom. The maximum atomic E-state index is 5.78. The highest BCUT2D eigenvalue weighted by Crippen LogP contribution is 2.11. The predicted molar refractivity (Wildman–Crippen MR) is 63.9 cm³/mol. The van der Waals surface area contributed by atoms with Crippen molar-refractivity contribution in [2.45, 2.75) is 19.3 Å². The number of nitrogens with zero attached hydrogens (tertiary/aromatic N) is 3. The number of nitrogens with two attached hydrogens (primary N) is 1. The lowest BCUT2D eigenvalue weighted by Gasteiger charge is -2.02. The van der Waals surface area contributed by atoms with Crippen LogP contribution < -0.4 is 5.73 Å². The summed E-state index contributed by atoms with van der Waals surface area (Å²) in [7, 11) is 1.93. The fourth-order valence-electron chi connectivity index (χ4n) is 1.75. The molecule has 2 aromatic rings. The molecule has 0 aliphatic heterocycles. The van der Waals surface area contributed by atoms with Crippen LogP contribution in [-0.2, 0) is 19.9 Å². The van der Waals surface area contributed by atoms with E-state index in [-0.39, 0.29) is 0 Å². The van der Waals surface area contributed by atoms with Crippen LogP contribution in [0.3, 0.4) is 0 Å². The maximum Gasteiger partial charge on any atom is 0.126 e. The van der Waals surface area contributed by atoms with Gasteiger partial charge in [-0.25, -0.2) is 4.98 Å². The maximum absolute atomic E-state index is 5.78. The van der Waals surface area contributed by atoms with Gasteiger partial charge in [-0.05, 0) is 36.5 Å². The minimum absolute atomic E-state index is 0.647. The molecule has 0 bridgehead atoms. The number of rotatable bonds is 4. The molecule has 4 heteroatoms. The molecule has 0 aromatic carbocycles. The molecular formula is C12H16N4. The normalized spacial score (nSPS) is 10.6. The van der Waals surface area contributed by atoms with Crippen LogP contribution in [0.25, 0.3) is 0 Å². The Balaban J connectivity index is 1.87. The lowest BCUT2D eigenvalue weighted by Crippen LogP contribution is -1.97. The molecular weight excluding hydrogens is 200 g/mol. The second kappa shape index (κ2) is 4.79. The Hall–Kier alpha value is -1.84. The second-order valence-corrected chi connectivity index (χ2v) is 3.92. The van der Waals surface area contributed by atoms with E-state index in [9.17, 15) is 0 Å². The molecule has 16 heavy (non-hydrogen) atoms. The Labute approximate surface area is 95.1 Å². The van der Waals surface area contributed by atoms with Crippen molar-refractivity contribution in [1.29, 1.82) is 0 Å². The van der Waals surface area contributed by atoms with Crippen molar-refractivity contribution in [2.24, 2.45) is 7.05 Å². The zero-order valence-corrected chi connectivity index (χ0v) is 9.43. The standard InChI is InChI=1S/C12H16N4/c1-16-9-10(8-15-16)4-2-5-11-6-3-7-14-12(11)13/h3,6-9H,2,4-5H2,1H3,(H2,13,14). The molecule has 2 N–H and O–H groups in total. The zero-order chi connectivity index (χ0) is 11.4. The van der Waals surface area contributed by atoms with E-state index in [2.05, 4.69) is 10.1 Å². The molecule has 0 aliphatic carbocycles. The lowest BCUT2D eigenvalue weighted by molar-refractivity contribution is 0.764. The topological polar surface area (TPSA) is 56.7 Å². The summed E-state index contributed by atoms with van der Waals surface area (Å²) >= 11 is 0. The summed E-state index contributed by atoms with van der Waals surface area (Å²) in [6, 6.07) is 3.96. The summed E-state index contributed by atoms with van der Waals surface area (Å²) in [6.45, 7) is 0. The van der Waals surface area contributed by atoms with Gasteiger partial charge in [0.05, 0.1) is 6.20 Å². The summed E-state index contributed by atoms with van der Waals surface area (Å²) in [5, 5.41) is 4.14. The molecule has 0 unspecified atom stereocenters. The van der Waals surface area contributed by atoms with E-state index in [0.717, 1.165) is 24.8 Å². The largest absolute Gasteiger partial charge is 0.383 e. The van der Waals surface area contributed by atoms with Crippen molar-refractivity contribution in [2.75, 3.05) is 5.73 Å². The monoisotopic (exact) mass is 216 g/mol. The average Bonchev–Trinajstić information content (AvgIpc) is 2.67. The van der Waals surface area contributed by atoms with E-state index in [1.807, 2.05) is 36.3 Å². The molecule has 2 heterocycles. The minimum Gasteiger partial charge on any atom is -0.383 e. The van der Waals surface area contributed by atoms with E-state index in [1.54, 1.807) is 6.20 Å². The number of pyridine rings is 1. The van der Waals surface area contributed by atoms with Crippen LogP contribution in [0.4, 0.5) is 5.82 Å². The van der Waals surface area contributed by atoms with Gasteiger partial charge in [-0.3, -0.25) is 4.68 Å². The molecule has 0 radical (unpaired) electrons. The van der Waals surface area contributed by atoms with Crippen molar-refractivity contribution in [3.8, 4) is 0 Å². The van der Waals surface area contributed by atoms with Gasteiger partial charge in [-0.15, -0.1) is 0 Å². The van der Waals surface area contributed by atoms with Gasteiger partial charge in [0.25, 0.3) is 0 Å². The van der Waals surface area contributed by atoms with E-state index in [4.69, 9.17) is 5.73 Å². The van der Waals surface area contributed by atoms with Gasteiger partial charge in [0.1, 0.15) is 5.82 Å². The van der Waals surface area contributed by atoms with E-state index >= 15 is 0 Å². The zero-order valence-electron chi connectivity index (χ0n) is 9.43. The molecule has 0 fully saturated rings. The summed E-state index contributed by atoms with van der Waals surface area (Å²) in [4.78, 5) is 4.07. The van der Waals surface area contributed by atoms with Gasteiger partial charge in [0.2, 0.25) is 0 Å². The third kappa shape index (κ3) is 2.59. The first-order chi connectivity index (χ1) is 7.75. The number of aryl methyl sites for hydroxylation is 3. The van der Waals surface area contributed by atoms with Crippen LogP contribution >= 0.6 is 0 Å². The Morgan fingerprint density at radius 3 is 2.94 bits per heavy atom. The molecule has 2 aromatic heterocycles. The highest BCUT2D eigenvalue weighted by molar-refractivity contribution is 5.38. The molecule has 0 saturated carbocycles. The molecule has 2 rings (SSSR count). The molecule has 0 spiro atoms. The van der Waals surface area contributed by atoms with Crippen LogP contribution in [0.5, 0.6) is 0 Å². The molecule has 0 saturated heterocycles. The van der Waals surface area contributed by atoms with E-state index in [1.165, 1.54) is 5.56 Å². The number of nitrogen functional groups attached to an aromatic ring is 1. The fraction of sp³-hybridized carbons (Fsp3) is 0.333. The minimum atomic E-state index is 0.647. The summed E-state index contributed by atoms with van der Waals surface area (Å²) in [5.74, 6) is 0.647. The van der Waals surface area contributed by atoms with Crippen LogP contribution in [0.15, 0.2) is 30.7 Å². The van der Waals surface area contributed by atoms with Crippen LogP contribution in [-0.4, -0.2) is 14.8 Å². The Bertz CT molecular complexity index is 462. The van der Waals surface area contributed by atoms with E-state index in [0.29, 0.717) is 5.82 Å². The second-order valence-electron chi connectivity index (χ2n) is 3.92. The third-order valence-electron chi connectivity index (χ3n) is 2.60. The Morgan fingerprint density at radius 2 is 2.25 bits per heavy atom. The van der Waals surface area contributed by atoms with Gasteiger partial charge in [0.15, 0.2) is 0 Å². The van der Waals surface area contributed by atoms with E-state index < -0.39 is 0 Å². The van der Waals surface area contributed by atoms with Gasteiger partial charge >= 0.3 is 0 Å².